The van der Waals surface area contributed by atoms with Gasteiger partial charge in [-0.1, -0.05) is 238 Å². The Labute approximate surface area is 622 Å². The predicted molar refractivity (Wildman–Crippen MR) is 454 cm³/mol. The van der Waals surface area contributed by atoms with E-state index < -0.39 is 0 Å². The van der Waals surface area contributed by atoms with Gasteiger partial charge in [0.25, 0.3) is 0 Å². The maximum Gasteiger partial charge on any atom is 0.220 e. The van der Waals surface area contributed by atoms with Crippen LogP contribution in [0.1, 0.15) is 164 Å². The lowest BCUT2D eigenvalue weighted by Crippen LogP contribution is -2.12. The third-order valence-corrected chi connectivity index (χ3v) is 13.5. The summed E-state index contributed by atoms with van der Waals surface area (Å²) >= 11 is 11.8. The first-order chi connectivity index (χ1) is 43.8. The first-order valence-electron chi connectivity index (χ1n) is 29.7. The molecular formula is C80H132N12OS5. The van der Waals surface area contributed by atoms with E-state index in [1.54, 1.807) is 109 Å². The van der Waals surface area contributed by atoms with Crippen molar-refractivity contribution >= 4 is 75.7 Å². The van der Waals surface area contributed by atoms with E-state index in [1.165, 1.54) is 75.7 Å². The van der Waals surface area contributed by atoms with Gasteiger partial charge in [0.2, 0.25) is 5.91 Å². The van der Waals surface area contributed by atoms with Gasteiger partial charge < -0.3 is 16.0 Å². The third-order valence-electron chi connectivity index (χ3n) is 10.2. The fourth-order valence-electron chi connectivity index (χ4n) is 6.00. The molecule has 0 radical (unpaired) electrons. The Morgan fingerprint density at radius 3 is 1.04 bits per heavy atom. The van der Waals surface area contributed by atoms with Gasteiger partial charge in [-0.05, 0) is 130 Å². The van der Waals surface area contributed by atoms with Crippen molar-refractivity contribution in [3.63, 3.8) is 0 Å². The summed E-state index contributed by atoms with van der Waals surface area (Å²) in [6, 6.07) is 29.2. The minimum Gasteiger partial charge on any atom is -0.391 e. The molecule has 6 aromatic heterocycles. The fourth-order valence-corrected chi connectivity index (χ4v) is 8.46. The molecule has 3 saturated heterocycles. The molecule has 1 amide bonds. The maximum absolute atomic E-state index is 10.1. The third kappa shape index (κ3) is 99.5. The Hall–Kier alpha value is -7.58. The number of hydrogen-bond donors (Lipinski definition) is 4. The van der Waals surface area contributed by atoms with Crippen molar-refractivity contribution in [2.45, 2.75) is 164 Å². The number of carbonyl (C=O) groups is 1. The number of nitrogens with zero attached hydrogens (tertiary/aromatic N) is 8. The Morgan fingerprint density at radius 2 is 0.898 bits per heavy atom. The van der Waals surface area contributed by atoms with Crippen molar-refractivity contribution in [2.75, 3.05) is 37.7 Å². The molecule has 1 aromatic carbocycles. The van der Waals surface area contributed by atoms with Gasteiger partial charge in [-0.15, -0.1) is 23.1 Å². The average molecular weight is 1440 g/mol. The lowest BCUT2D eigenvalue weighted by Gasteiger charge is -2.02. The molecule has 0 atom stereocenters. The van der Waals surface area contributed by atoms with Crippen molar-refractivity contribution in [1.29, 1.82) is 0 Å². The number of amides is 1. The number of rotatable bonds is 0. The molecule has 0 spiro atoms. The van der Waals surface area contributed by atoms with E-state index in [4.69, 9.17) is 12.2 Å². The summed E-state index contributed by atoms with van der Waals surface area (Å²) < 4.78 is 3.14. The van der Waals surface area contributed by atoms with Gasteiger partial charge in [-0.3, -0.25) is 39.4 Å². The monoisotopic (exact) mass is 1440 g/mol. The van der Waals surface area contributed by atoms with Gasteiger partial charge >= 0.3 is 0 Å². The van der Waals surface area contributed by atoms with Crippen LogP contribution in [0.25, 0.3) is 0 Å². The maximum atomic E-state index is 10.1. The Kier molecular flexibility index (Phi) is 117. The zero-order valence-electron chi connectivity index (χ0n) is 50.9. The summed E-state index contributed by atoms with van der Waals surface area (Å²) in [6.45, 7) is 4.36. The van der Waals surface area contributed by atoms with Crippen molar-refractivity contribution in [3.8, 4) is 0 Å². The number of aliphatic imine (C=N–C) groups is 1. The molecule has 98 heavy (non-hydrogen) atoms. The van der Waals surface area contributed by atoms with Crippen LogP contribution >= 0.6 is 58.6 Å². The lowest BCUT2D eigenvalue weighted by atomic mass is 10.2. The van der Waals surface area contributed by atoms with Gasteiger partial charge in [0.1, 0.15) is 6.33 Å². The summed E-state index contributed by atoms with van der Waals surface area (Å²) in [5, 5.41) is 17.0. The number of thiazole rings is 1. The summed E-state index contributed by atoms with van der Waals surface area (Å²) in [5.41, 5.74) is 1.79. The van der Waals surface area contributed by atoms with Crippen LogP contribution in [0.5, 0.6) is 0 Å². The molecule has 3 aliphatic carbocycles. The second-order valence-electron chi connectivity index (χ2n) is 17.5. The van der Waals surface area contributed by atoms with E-state index in [9.17, 15) is 4.79 Å². The lowest BCUT2D eigenvalue weighted by molar-refractivity contribution is -0.119. The second kappa shape index (κ2) is 103. The molecule has 6 aliphatic heterocycles. The van der Waals surface area contributed by atoms with Crippen LogP contribution in [0.4, 0.5) is 0 Å². The van der Waals surface area contributed by atoms with Gasteiger partial charge in [0.05, 0.1) is 10.5 Å². The van der Waals surface area contributed by atoms with Crippen LogP contribution in [0.15, 0.2) is 289 Å². The molecule has 16 rings (SSSR count). The average Bonchev–Trinajstić information content (AvgIpc) is 4.52. The van der Waals surface area contributed by atoms with Crippen LogP contribution < -0.4 is 20.7 Å². The molecule has 13 nitrogen and oxygen atoms in total. The molecule has 7 aromatic rings. The predicted octanol–water partition coefficient (Wildman–Crippen LogP) is 23.5. The zero-order valence-corrected chi connectivity index (χ0v) is 55.0. The molecule has 548 valence electrons. The fraction of sp³-hybridized carbons (Fsp3) is 0.375. The number of carbonyl (C=O) groups excluding carboxylic acids is 1. The number of benzene rings is 1. The molecule has 4 N–H and O–H groups in total. The number of hydrogen-bond acceptors (Lipinski definition) is 16. The molecule has 12 heterocycles. The largest absolute Gasteiger partial charge is 0.391 e. The molecule has 3 fully saturated rings. The minimum absolute atomic E-state index is 0. The highest BCUT2D eigenvalue weighted by atomic mass is 32.2. The van der Waals surface area contributed by atoms with E-state index in [1.807, 2.05) is 143 Å². The number of allylic oxidation sites excluding steroid dienone is 13. The first kappa shape index (κ1) is 112. The SMILES string of the molecule is C.C.C.C.C.C.C.C.C.C.C1=CCC=C1.C1=CCC=C1.C1=CCCC1.C1=CN=CC1.C1=CNCCC1.C1=CSCC1.C1CNSC1.O=C1CCCN1.S=C1CCCN1.c1ccccc1.c1ccncc1.c1ccncc1.c1ccsc1.c1cnccn1.c1cncnc1.c1cscn1. The summed E-state index contributed by atoms with van der Waals surface area (Å²) in [7, 11) is 0. The van der Waals surface area contributed by atoms with Crippen molar-refractivity contribution in [1.82, 2.24) is 55.6 Å². The van der Waals surface area contributed by atoms with Crippen LogP contribution in [-0.4, -0.2) is 89.7 Å². The molecule has 0 saturated carbocycles. The number of thiocarbonyl (C=S) groups is 1. The highest BCUT2D eigenvalue weighted by molar-refractivity contribution is 8.02. The van der Waals surface area contributed by atoms with Gasteiger partial charge in [-0.2, -0.15) is 11.3 Å². The zero-order chi connectivity index (χ0) is 62.6. The number of thioether (sulfide) groups is 1. The molecule has 9 aliphatic rings. The van der Waals surface area contributed by atoms with Crippen LogP contribution in [0, 0.1) is 0 Å². The second-order valence-corrected chi connectivity index (χ2v) is 21.6. The topological polar surface area (TPSA) is 168 Å². The van der Waals surface area contributed by atoms with E-state index >= 15 is 0 Å². The number of aromatic nitrogens is 7. The summed E-state index contributed by atoms with van der Waals surface area (Å²) in [6.07, 6.45) is 70.1. The van der Waals surface area contributed by atoms with Crippen molar-refractivity contribution in [2.24, 2.45) is 4.99 Å². The van der Waals surface area contributed by atoms with Crippen LogP contribution in [0.3, 0.4) is 0 Å². The Balaban J connectivity index is -0.000000105. The van der Waals surface area contributed by atoms with E-state index in [0.717, 1.165) is 63.1 Å². The van der Waals surface area contributed by atoms with E-state index in [2.05, 4.69) is 139 Å². The number of pyridine rings is 2. The standard InChI is InChI=1S/C6H6.C5H9N.2C5H5N.C5H8.2C5H6.2C4H4N2.C4H7NO.C4H7NS.C4H5N.C4H6S.C4H4S.C3H3NS.C3H7NS.10CH4/c4*1-2-4-6-5-3-1;3*1-2-4-5-3-1;1-2-6-4-3-5-1;1-2-5-4-6-3-1;2*6-4-2-1-3-5-4;3*1-2-4-5-3-1;1-2-5-3-4-1;1-2-4-5-3-1;;;;;;;;;;/h1-6H;2,4,6H,1,3,5H2;2*1-5H;1-2H,3-5H2;2*1-4H,5H2;2*1-4H;2*1-3H2,(H,5,6);1,3-4H,2H2;1,3H,2,4H2;1-4H;1-3H;4H,1-3H2;10*1H4. The highest BCUT2D eigenvalue weighted by Gasteiger charge is 2.05. The minimum atomic E-state index is 0. The van der Waals surface area contributed by atoms with Gasteiger partial charge in [0, 0.05) is 136 Å². The van der Waals surface area contributed by atoms with Gasteiger partial charge in [-0.25, -0.2) is 9.97 Å². The number of nitrogens with one attached hydrogen (secondary N) is 4. The van der Waals surface area contributed by atoms with Crippen LogP contribution in [0.2, 0.25) is 0 Å². The quantitative estimate of drug-likeness (QED) is 0.0643. The van der Waals surface area contributed by atoms with Crippen molar-refractivity contribution in [3.05, 3.63) is 284 Å². The Bertz CT molecular complexity index is 2160. The van der Waals surface area contributed by atoms with Gasteiger partial charge in [0.15, 0.2) is 0 Å². The Morgan fingerprint density at radius 1 is 0.388 bits per heavy atom. The van der Waals surface area contributed by atoms with Crippen molar-refractivity contribution < 1.29 is 4.79 Å². The van der Waals surface area contributed by atoms with E-state index in [-0.39, 0.29) is 80.2 Å². The first-order valence-corrected chi connectivity index (χ1v) is 34.0. The molecule has 18 heteroatoms. The summed E-state index contributed by atoms with van der Waals surface area (Å²) in [5.74, 6) is 2.81. The molecule has 0 bridgehead atoms. The molecule has 0 unspecified atom stereocenters. The highest BCUT2D eigenvalue weighted by Crippen LogP contribution is 2.11. The number of thiophene rings is 1. The summed E-state index contributed by atoms with van der Waals surface area (Å²) in [4.78, 5) is 41.0. The van der Waals surface area contributed by atoms with Crippen LogP contribution in [-0.2, 0) is 4.79 Å². The molecular weight excluding hydrogens is 1310 g/mol. The normalized spacial score (nSPS) is 13.1. The van der Waals surface area contributed by atoms with E-state index in [0.29, 0.717) is 0 Å². The smallest absolute Gasteiger partial charge is 0.220 e.